The Balaban J connectivity index is 1.22. The number of aliphatic hydroxyl groups excluding tert-OH is 1. The number of hydrogen-bond donors (Lipinski definition) is 2. The van der Waals surface area contributed by atoms with E-state index in [4.69, 9.17) is 15.0 Å². The molecule has 0 radical (unpaired) electrons. The second-order valence-electron chi connectivity index (χ2n) is 10.1. The van der Waals surface area contributed by atoms with E-state index in [0.717, 1.165) is 78.4 Å². The molecule has 0 aliphatic carbocycles. The number of carbonyl (C=O) groups excluding carboxylic acids is 1. The van der Waals surface area contributed by atoms with Crippen LogP contribution >= 0.6 is 0 Å². The fourth-order valence-electron chi connectivity index (χ4n) is 5.26. The maximum absolute atomic E-state index is 11.8. The Morgan fingerprint density at radius 1 is 0.974 bits per heavy atom. The standard InChI is InChI=1S/C29H31N7O2/c1-19(38)35-12-10-21(11-13-35)24-14-31-28(22-8-6-20(18-37)7-9-22)34-29(24)32-23-16-36(17-23)27-15-30-25-4-2-3-5-26(25)33-27/h2-9,14-15,21,23,37H,10-13,16-18H2,1H3,(H,31,32,34). The molecule has 0 unspecified atom stereocenters. The third-order valence-electron chi connectivity index (χ3n) is 7.57. The van der Waals surface area contributed by atoms with Crippen molar-refractivity contribution in [2.45, 2.75) is 38.3 Å². The van der Waals surface area contributed by atoms with Crippen molar-refractivity contribution in [3.8, 4) is 11.4 Å². The highest BCUT2D eigenvalue weighted by Crippen LogP contribution is 2.34. The smallest absolute Gasteiger partial charge is 0.219 e. The summed E-state index contributed by atoms with van der Waals surface area (Å²) in [4.78, 5) is 35.0. The zero-order chi connectivity index (χ0) is 26.1. The summed E-state index contributed by atoms with van der Waals surface area (Å²) >= 11 is 0. The van der Waals surface area contributed by atoms with Crippen LogP contribution in [0.2, 0.25) is 0 Å². The van der Waals surface area contributed by atoms with E-state index in [-0.39, 0.29) is 18.6 Å². The average molecular weight is 510 g/mol. The van der Waals surface area contributed by atoms with Crippen molar-refractivity contribution in [1.29, 1.82) is 0 Å². The van der Waals surface area contributed by atoms with E-state index in [0.29, 0.717) is 11.7 Å². The van der Waals surface area contributed by atoms with Crippen LogP contribution in [-0.2, 0) is 11.4 Å². The van der Waals surface area contributed by atoms with Crippen molar-refractivity contribution >= 4 is 28.6 Å². The summed E-state index contributed by atoms with van der Waals surface area (Å²) in [6.45, 7) is 4.75. The highest BCUT2D eigenvalue weighted by molar-refractivity contribution is 5.75. The average Bonchev–Trinajstić information content (AvgIpc) is 2.94. The number of hydrogen-bond acceptors (Lipinski definition) is 8. The molecule has 1 amide bonds. The molecule has 2 N–H and O–H groups in total. The number of aliphatic hydroxyl groups is 1. The van der Waals surface area contributed by atoms with Crippen molar-refractivity contribution in [3.05, 3.63) is 72.1 Å². The molecule has 9 nitrogen and oxygen atoms in total. The van der Waals surface area contributed by atoms with Gasteiger partial charge in [-0.2, -0.15) is 0 Å². The number of fused-ring (bicyclic) bond motifs is 1. The third-order valence-corrected chi connectivity index (χ3v) is 7.57. The largest absolute Gasteiger partial charge is 0.392 e. The van der Waals surface area contributed by atoms with Crippen molar-refractivity contribution in [2.24, 2.45) is 0 Å². The van der Waals surface area contributed by atoms with Crippen LogP contribution in [0.25, 0.3) is 22.4 Å². The molecule has 4 heterocycles. The SMILES string of the molecule is CC(=O)N1CCC(c2cnc(-c3ccc(CO)cc3)nc2NC2CN(c3cnc4ccccc4n3)C2)CC1. The lowest BCUT2D eigenvalue weighted by Crippen LogP contribution is -2.55. The van der Waals surface area contributed by atoms with Crippen LogP contribution in [0.3, 0.4) is 0 Å². The van der Waals surface area contributed by atoms with Gasteiger partial charge >= 0.3 is 0 Å². The summed E-state index contributed by atoms with van der Waals surface area (Å²) in [6.07, 6.45) is 5.58. The van der Waals surface area contributed by atoms with Gasteiger partial charge in [-0.1, -0.05) is 36.4 Å². The Morgan fingerprint density at radius 2 is 1.71 bits per heavy atom. The minimum absolute atomic E-state index is 0.00556. The predicted octanol–water partition coefficient (Wildman–Crippen LogP) is 3.61. The summed E-state index contributed by atoms with van der Waals surface area (Å²) in [7, 11) is 0. The lowest BCUT2D eigenvalue weighted by molar-refractivity contribution is -0.129. The minimum Gasteiger partial charge on any atom is -0.392 e. The summed E-state index contributed by atoms with van der Waals surface area (Å²) < 4.78 is 0. The van der Waals surface area contributed by atoms with E-state index >= 15 is 0 Å². The molecule has 2 aromatic heterocycles. The first-order chi connectivity index (χ1) is 18.6. The Kier molecular flexibility index (Phi) is 6.59. The van der Waals surface area contributed by atoms with Gasteiger partial charge in [-0.05, 0) is 36.5 Å². The molecule has 0 bridgehead atoms. The van der Waals surface area contributed by atoms with Gasteiger partial charge in [-0.3, -0.25) is 9.78 Å². The Bertz CT molecular complexity index is 1450. The Morgan fingerprint density at radius 3 is 2.42 bits per heavy atom. The molecular weight excluding hydrogens is 478 g/mol. The zero-order valence-electron chi connectivity index (χ0n) is 21.4. The molecule has 6 rings (SSSR count). The molecule has 9 heteroatoms. The second kappa shape index (κ2) is 10.3. The fraction of sp³-hybridized carbons (Fsp3) is 0.345. The van der Waals surface area contributed by atoms with Crippen LogP contribution in [0.4, 0.5) is 11.6 Å². The molecule has 2 aliphatic heterocycles. The number of anilines is 2. The maximum atomic E-state index is 11.8. The van der Waals surface area contributed by atoms with Gasteiger partial charge in [0.1, 0.15) is 11.6 Å². The number of para-hydroxylation sites is 2. The number of nitrogens with zero attached hydrogens (tertiary/aromatic N) is 6. The number of likely N-dealkylation sites (tertiary alicyclic amines) is 1. The van der Waals surface area contributed by atoms with E-state index in [9.17, 15) is 9.90 Å². The van der Waals surface area contributed by atoms with Crippen LogP contribution in [-0.4, -0.2) is 68.1 Å². The van der Waals surface area contributed by atoms with Gasteiger partial charge in [0.2, 0.25) is 5.91 Å². The quantitative estimate of drug-likeness (QED) is 0.406. The molecular formula is C29H31N7O2. The van der Waals surface area contributed by atoms with Crippen molar-refractivity contribution in [3.63, 3.8) is 0 Å². The van der Waals surface area contributed by atoms with E-state index in [1.165, 1.54) is 0 Å². The first-order valence-electron chi connectivity index (χ1n) is 13.1. The van der Waals surface area contributed by atoms with E-state index < -0.39 is 0 Å². The predicted molar refractivity (Wildman–Crippen MR) is 147 cm³/mol. The number of nitrogens with one attached hydrogen (secondary N) is 1. The molecule has 38 heavy (non-hydrogen) atoms. The normalized spacial score (nSPS) is 16.5. The molecule has 2 aliphatic rings. The van der Waals surface area contributed by atoms with Crippen LogP contribution in [0.1, 0.15) is 36.8 Å². The number of aromatic nitrogens is 4. The fourth-order valence-corrected chi connectivity index (χ4v) is 5.26. The lowest BCUT2D eigenvalue weighted by atomic mass is 9.90. The van der Waals surface area contributed by atoms with Gasteiger partial charge in [0.15, 0.2) is 5.82 Å². The van der Waals surface area contributed by atoms with Gasteiger partial charge < -0.3 is 20.2 Å². The topological polar surface area (TPSA) is 107 Å². The monoisotopic (exact) mass is 509 g/mol. The summed E-state index contributed by atoms with van der Waals surface area (Å²) in [5, 5.41) is 13.1. The Labute approximate surface area is 221 Å². The minimum atomic E-state index is 0.00556. The van der Waals surface area contributed by atoms with Crippen molar-refractivity contribution in [2.75, 3.05) is 36.4 Å². The second-order valence-corrected chi connectivity index (χ2v) is 10.1. The molecule has 2 aromatic carbocycles. The highest BCUT2D eigenvalue weighted by Gasteiger charge is 2.31. The molecule has 4 aromatic rings. The lowest BCUT2D eigenvalue weighted by Gasteiger charge is -2.41. The molecule has 0 atom stereocenters. The molecule has 194 valence electrons. The van der Waals surface area contributed by atoms with Crippen molar-refractivity contribution < 1.29 is 9.90 Å². The van der Waals surface area contributed by atoms with Crippen molar-refractivity contribution in [1.82, 2.24) is 24.8 Å². The van der Waals surface area contributed by atoms with Gasteiger partial charge in [0.05, 0.1) is 29.9 Å². The van der Waals surface area contributed by atoms with Crippen LogP contribution < -0.4 is 10.2 Å². The summed E-state index contributed by atoms with van der Waals surface area (Å²) in [6, 6.07) is 15.8. The maximum Gasteiger partial charge on any atom is 0.219 e. The van der Waals surface area contributed by atoms with Crippen LogP contribution in [0.15, 0.2) is 60.9 Å². The first-order valence-corrected chi connectivity index (χ1v) is 13.1. The number of amides is 1. The summed E-state index contributed by atoms with van der Waals surface area (Å²) in [5.41, 5.74) is 4.66. The third kappa shape index (κ3) is 4.89. The number of piperidine rings is 1. The number of carbonyl (C=O) groups is 1. The van der Waals surface area contributed by atoms with Crippen LogP contribution in [0, 0.1) is 0 Å². The van der Waals surface area contributed by atoms with E-state index in [2.05, 4.69) is 15.2 Å². The zero-order valence-corrected chi connectivity index (χ0v) is 21.4. The van der Waals surface area contributed by atoms with E-state index in [1.807, 2.05) is 65.8 Å². The van der Waals surface area contributed by atoms with Gasteiger partial charge in [0, 0.05) is 50.4 Å². The number of benzene rings is 2. The Hall–Kier alpha value is -4.11. The summed E-state index contributed by atoms with van der Waals surface area (Å²) in [5.74, 6) is 2.81. The van der Waals surface area contributed by atoms with Crippen LogP contribution in [0.5, 0.6) is 0 Å². The van der Waals surface area contributed by atoms with E-state index in [1.54, 1.807) is 6.92 Å². The molecule has 2 fully saturated rings. The highest BCUT2D eigenvalue weighted by atomic mass is 16.3. The molecule has 2 saturated heterocycles. The number of rotatable bonds is 6. The van der Waals surface area contributed by atoms with Gasteiger partial charge in [-0.15, -0.1) is 0 Å². The van der Waals surface area contributed by atoms with Gasteiger partial charge in [-0.25, -0.2) is 15.0 Å². The molecule has 0 saturated carbocycles. The first kappa shape index (κ1) is 24.2. The molecule has 0 spiro atoms. The van der Waals surface area contributed by atoms with Gasteiger partial charge in [0.25, 0.3) is 0 Å².